The van der Waals surface area contributed by atoms with Crippen LogP contribution < -0.4 is 11.3 Å². The molecule has 0 aromatic carbocycles. The predicted octanol–water partition coefficient (Wildman–Crippen LogP) is 2.71. The highest BCUT2D eigenvalue weighted by Gasteiger charge is 2.18. The zero-order valence-corrected chi connectivity index (χ0v) is 11.5. The van der Waals surface area contributed by atoms with Crippen LogP contribution in [0.5, 0.6) is 0 Å². The van der Waals surface area contributed by atoms with Crippen molar-refractivity contribution in [1.29, 1.82) is 0 Å². The number of amidine groups is 1. The van der Waals surface area contributed by atoms with Crippen LogP contribution in [-0.4, -0.2) is 23.4 Å². The molecule has 0 spiro atoms. The monoisotopic (exact) mass is 255 g/mol. The van der Waals surface area contributed by atoms with Gasteiger partial charge in [-0.2, -0.15) is 11.8 Å². The van der Waals surface area contributed by atoms with E-state index in [2.05, 4.69) is 17.2 Å². The Morgan fingerprint density at radius 2 is 1.82 bits per heavy atom. The maximum atomic E-state index is 5.62. The highest BCUT2D eigenvalue weighted by atomic mass is 32.2. The molecule has 4 heteroatoms. The number of nitrogens with two attached hydrogens (primary N) is 1. The van der Waals surface area contributed by atoms with Gasteiger partial charge in [-0.1, -0.05) is 19.3 Å². The van der Waals surface area contributed by atoms with E-state index < -0.39 is 0 Å². The second-order valence-electron chi connectivity index (χ2n) is 5.27. The Morgan fingerprint density at radius 1 is 1.12 bits per heavy atom. The summed E-state index contributed by atoms with van der Waals surface area (Å²) in [5.74, 6) is 10.1. The molecule has 3 N–H and O–H groups in total. The van der Waals surface area contributed by atoms with Crippen LogP contribution >= 0.6 is 11.8 Å². The lowest BCUT2D eigenvalue weighted by atomic mass is 9.95. The van der Waals surface area contributed by atoms with Gasteiger partial charge in [0.15, 0.2) is 0 Å². The van der Waals surface area contributed by atoms with Gasteiger partial charge in [-0.3, -0.25) is 4.99 Å². The summed E-state index contributed by atoms with van der Waals surface area (Å²) in [6.45, 7) is 0. The van der Waals surface area contributed by atoms with Gasteiger partial charge in [-0.25, -0.2) is 5.84 Å². The van der Waals surface area contributed by atoms with Crippen molar-refractivity contribution in [2.45, 2.75) is 57.4 Å². The second-order valence-corrected chi connectivity index (χ2v) is 6.50. The second kappa shape index (κ2) is 7.27. The molecule has 1 aliphatic heterocycles. The number of nitrogens with one attached hydrogen (secondary N) is 1. The molecule has 0 radical (unpaired) electrons. The Bertz CT molecular complexity index is 243. The Kier molecular flexibility index (Phi) is 5.65. The van der Waals surface area contributed by atoms with E-state index in [1.165, 1.54) is 56.5 Å². The van der Waals surface area contributed by atoms with Gasteiger partial charge >= 0.3 is 0 Å². The van der Waals surface area contributed by atoms with E-state index in [1.54, 1.807) is 0 Å². The first-order valence-electron chi connectivity index (χ1n) is 6.99. The van der Waals surface area contributed by atoms with Crippen LogP contribution in [0.25, 0.3) is 0 Å². The van der Waals surface area contributed by atoms with Gasteiger partial charge in [0.2, 0.25) is 0 Å². The third kappa shape index (κ3) is 4.51. The standard InChI is InChI=1S/C13H25N3S/c14-16-13(10-11-6-8-17-9-7-11)15-12-4-2-1-3-5-12/h11-12H,1-10,14H2,(H,15,16). The fourth-order valence-electron chi connectivity index (χ4n) is 2.80. The SMILES string of the molecule is NNC(CC1CCSCC1)=NC1CCCCC1. The zero-order chi connectivity index (χ0) is 11.9. The van der Waals surface area contributed by atoms with Crippen molar-refractivity contribution in [3.63, 3.8) is 0 Å². The van der Waals surface area contributed by atoms with Gasteiger partial charge in [0.1, 0.15) is 5.84 Å². The number of aliphatic imine (C=N–C) groups is 1. The molecule has 98 valence electrons. The predicted molar refractivity (Wildman–Crippen MR) is 76.3 cm³/mol. The molecule has 0 aromatic heterocycles. The average Bonchev–Trinajstić information content (AvgIpc) is 2.40. The van der Waals surface area contributed by atoms with Gasteiger partial charge in [-0.15, -0.1) is 0 Å². The largest absolute Gasteiger partial charge is 0.312 e. The van der Waals surface area contributed by atoms with Crippen molar-refractivity contribution in [1.82, 2.24) is 5.43 Å². The van der Waals surface area contributed by atoms with Gasteiger partial charge in [0, 0.05) is 6.42 Å². The summed E-state index contributed by atoms with van der Waals surface area (Å²) < 4.78 is 0. The molecule has 1 saturated heterocycles. The van der Waals surface area contributed by atoms with Crippen molar-refractivity contribution >= 4 is 17.6 Å². The van der Waals surface area contributed by atoms with E-state index >= 15 is 0 Å². The molecular weight excluding hydrogens is 230 g/mol. The fourth-order valence-corrected chi connectivity index (χ4v) is 4.01. The molecule has 0 atom stereocenters. The molecule has 1 heterocycles. The van der Waals surface area contributed by atoms with Crippen LogP contribution in [0.4, 0.5) is 0 Å². The Labute approximate surface area is 109 Å². The molecule has 1 saturated carbocycles. The van der Waals surface area contributed by atoms with Gasteiger partial charge in [0.05, 0.1) is 6.04 Å². The van der Waals surface area contributed by atoms with Crippen LogP contribution in [0.3, 0.4) is 0 Å². The first kappa shape index (κ1) is 13.2. The molecule has 3 nitrogen and oxygen atoms in total. The van der Waals surface area contributed by atoms with Crippen LogP contribution in [0.15, 0.2) is 4.99 Å². The number of thioether (sulfide) groups is 1. The normalized spacial score (nSPS) is 24.9. The van der Waals surface area contributed by atoms with E-state index in [-0.39, 0.29) is 0 Å². The topological polar surface area (TPSA) is 50.4 Å². The van der Waals surface area contributed by atoms with Gasteiger partial charge in [0.25, 0.3) is 0 Å². The number of nitrogens with zero attached hydrogens (tertiary/aromatic N) is 1. The number of hydrazine groups is 1. The molecule has 0 unspecified atom stereocenters. The first-order chi connectivity index (χ1) is 8.38. The summed E-state index contributed by atoms with van der Waals surface area (Å²) in [5.41, 5.74) is 2.84. The van der Waals surface area contributed by atoms with Crippen LogP contribution in [0.2, 0.25) is 0 Å². The van der Waals surface area contributed by atoms with Crippen molar-refractivity contribution in [3.05, 3.63) is 0 Å². The molecule has 0 aromatic rings. The Morgan fingerprint density at radius 3 is 2.47 bits per heavy atom. The minimum absolute atomic E-state index is 0.535. The molecule has 2 fully saturated rings. The van der Waals surface area contributed by atoms with Crippen molar-refractivity contribution in [2.75, 3.05) is 11.5 Å². The highest BCUT2D eigenvalue weighted by molar-refractivity contribution is 7.99. The maximum absolute atomic E-state index is 5.62. The summed E-state index contributed by atoms with van der Waals surface area (Å²) in [4.78, 5) is 4.82. The van der Waals surface area contributed by atoms with Crippen LogP contribution in [0, 0.1) is 5.92 Å². The molecule has 17 heavy (non-hydrogen) atoms. The van der Waals surface area contributed by atoms with Gasteiger partial charge < -0.3 is 5.43 Å². The van der Waals surface area contributed by atoms with Crippen molar-refractivity contribution < 1.29 is 0 Å². The molecule has 2 aliphatic rings. The maximum Gasteiger partial charge on any atom is 0.111 e. The van der Waals surface area contributed by atoms with Crippen LogP contribution in [-0.2, 0) is 0 Å². The lowest BCUT2D eigenvalue weighted by Gasteiger charge is -2.23. The number of hydrogen-bond acceptors (Lipinski definition) is 3. The van der Waals surface area contributed by atoms with Crippen molar-refractivity contribution in [2.24, 2.45) is 16.8 Å². The van der Waals surface area contributed by atoms with E-state index in [4.69, 9.17) is 10.8 Å². The first-order valence-corrected chi connectivity index (χ1v) is 8.15. The van der Waals surface area contributed by atoms with E-state index in [1.807, 2.05) is 0 Å². The minimum atomic E-state index is 0.535. The lowest BCUT2D eigenvalue weighted by Crippen LogP contribution is -2.34. The number of hydrogen-bond donors (Lipinski definition) is 2. The van der Waals surface area contributed by atoms with E-state index in [0.29, 0.717) is 6.04 Å². The summed E-state index contributed by atoms with van der Waals surface area (Å²) in [6.07, 6.45) is 10.3. The number of rotatable bonds is 3. The summed E-state index contributed by atoms with van der Waals surface area (Å²) in [5, 5.41) is 0. The summed E-state index contributed by atoms with van der Waals surface area (Å²) in [6, 6.07) is 0.535. The Hall–Kier alpha value is -0.220. The zero-order valence-electron chi connectivity index (χ0n) is 10.7. The quantitative estimate of drug-likeness (QED) is 0.353. The molecule has 1 aliphatic carbocycles. The third-order valence-corrected chi connectivity index (χ3v) is 4.95. The summed E-state index contributed by atoms with van der Waals surface area (Å²) in [7, 11) is 0. The van der Waals surface area contributed by atoms with E-state index in [0.717, 1.165) is 18.2 Å². The van der Waals surface area contributed by atoms with Crippen molar-refractivity contribution in [3.8, 4) is 0 Å². The smallest absolute Gasteiger partial charge is 0.111 e. The Balaban J connectivity index is 1.83. The molecular formula is C13H25N3S. The minimum Gasteiger partial charge on any atom is -0.312 e. The lowest BCUT2D eigenvalue weighted by molar-refractivity contribution is 0.438. The van der Waals surface area contributed by atoms with E-state index in [9.17, 15) is 0 Å². The average molecular weight is 255 g/mol. The molecule has 0 amide bonds. The third-order valence-electron chi connectivity index (χ3n) is 3.90. The molecule has 0 bridgehead atoms. The highest BCUT2D eigenvalue weighted by Crippen LogP contribution is 2.26. The van der Waals surface area contributed by atoms with Crippen LogP contribution in [0.1, 0.15) is 51.4 Å². The van der Waals surface area contributed by atoms with Gasteiger partial charge in [-0.05, 0) is 43.1 Å². The summed E-state index contributed by atoms with van der Waals surface area (Å²) >= 11 is 2.08. The fraction of sp³-hybridized carbons (Fsp3) is 0.923. The molecule has 2 rings (SSSR count).